The Bertz CT molecular complexity index is 345. The lowest BCUT2D eigenvalue weighted by atomic mass is 10.00. The SMILES string of the molecule is Cc1cccc(N)c1N1CCCCC1CO. The number of anilines is 2. The molecule has 1 aliphatic rings. The van der Waals surface area contributed by atoms with Gasteiger partial charge in [-0.1, -0.05) is 12.1 Å². The Hall–Kier alpha value is -1.22. The second-order valence-corrected chi connectivity index (χ2v) is 4.54. The molecular formula is C13H20N2O. The third kappa shape index (κ3) is 2.00. The lowest BCUT2D eigenvalue weighted by Gasteiger charge is -2.38. The number of aliphatic hydroxyl groups is 1. The fraction of sp³-hybridized carbons (Fsp3) is 0.538. The Morgan fingerprint density at radius 3 is 2.94 bits per heavy atom. The Kier molecular flexibility index (Phi) is 3.34. The summed E-state index contributed by atoms with van der Waals surface area (Å²) in [7, 11) is 0. The smallest absolute Gasteiger partial charge is 0.0635 e. The van der Waals surface area contributed by atoms with Crippen LogP contribution in [0.5, 0.6) is 0 Å². The van der Waals surface area contributed by atoms with Crippen molar-refractivity contribution >= 4 is 11.4 Å². The van der Waals surface area contributed by atoms with Crippen molar-refractivity contribution in [3.8, 4) is 0 Å². The molecule has 1 aliphatic heterocycles. The Morgan fingerprint density at radius 2 is 2.25 bits per heavy atom. The van der Waals surface area contributed by atoms with E-state index in [1.165, 1.54) is 18.4 Å². The van der Waals surface area contributed by atoms with E-state index in [9.17, 15) is 5.11 Å². The van der Waals surface area contributed by atoms with Gasteiger partial charge < -0.3 is 15.7 Å². The van der Waals surface area contributed by atoms with E-state index in [1.807, 2.05) is 12.1 Å². The zero-order valence-electron chi connectivity index (χ0n) is 9.82. The van der Waals surface area contributed by atoms with Gasteiger partial charge in [-0.25, -0.2) is 0 Å². The van der Waals surface area contributed by atoms with Gasteiger partial charge in [-0.2, -0.15) is 0 Å². The summed E-state index contributed by atoms with van der Waals surface area (Å²) in [6, 6.07) is 6.23. The minimum absolute atomic E-state index is 0.216. The largest absolute Gasteiger partial charge is 0.397 e. The summed E-state index contributed by atoms with van der Waals surface area (Å²) < 4.78 is 0. The molecule has 88 valence electrons. The summed E-state index contributed by atoms with van der Waals surface area (Å²) >= 11 is 0. The van der Waals surface area contributed by atoms with Gasteiger partial charge in [0, 0.05) is 6.54 Å². The number of hydrogen-bond acceptors (Lipinski definition) is 3. The number of para-hydroxylation sites is 1. The first kappa shape index (κ1) is 11.3. The molecule has 3 nitrogen and oxygen atoms in total. The first-order valence-corrected chi connectivity index (χ1v) is 5.96. The van der Waals surface area contributed by atoms with Crippen molar-refractivity contribution in [1.82, 2.24) is 0 Å². The molecule has 1 atom stereocenters. The number of benzene rings is 1. The minimum Gasteiger partial charge on any atom is -0.397 e. The zero-order valence-corrected chi connectivity index (χ0v) is 9.82. The lowest BCUT2D eigenvalue weighted by molar-refractivity contribution is 0.240. The third-order valence-electron chi connectivity index (χ3n) is 3.39. The number of aryl methyl sites for hydroxylation is 1. The maximum atomic E-state index is 9.42. The summed E-state index contributed by atoms with van der Waals surface area (Å²) in [5.41, 5.74) is 9.17. The number of rotatable bonds is 2. The van der Waals surface area contributed by atoms with Crippen LogP contribution in [-0.2, 0) is 0 Å². The topological polar surface area (TPSA) is 49.5 Å². The van der Waals surface area contributed by atoms with Gasteiger partial charge in [0.25, 0.3) is 0 Å². The second kappa shape index (κ2) is 4.74. The fourth-order valence-electron chi connectivity index (χ4n) is 2.56. The number of nitrogen functional groups attached to an aromatic ring is 1. The lowest BCUT2D eigenvalue weighted by Crippen LogP contribution is -2.42. The van der Waals surface area contributed by atoms with Crippen LogP contribution in [0.2, 0.25) is 0 Å². The van der Waals surface area contributed by atoms with Gasteiger partial charge in [0.05, 0.1) is 24.0 Å². The summed E-state index contributed by atoms with van der Waals surface area (Å²) in [6.45, 7) is 3.29. The maximum absolute atomic E-state index is 9.42. The fourth-order valence-corrected chi connectivity index (χ4v) is 2.56. The predicted molar refractivity (Wildman–Crippen MR) is 67.7 cm³/mol. The maximum Gasteiger partial charge on any atom is 0.0635 e. The average molecular weight is 220 g/mol. The molecule has 1 unspecified atom stereocenters. The van der Waals surface area contributed by atoms with Gasteiger partial charge in [-0.3, -0.25) is 0 Å². The molecule has 0 saturated carbocycles. The number of nitrogens with zero attached hydrogens (tertiary/aromatic N) is 1. The van der Waals surface area contributed by atoms with Gasteiger partial charge in [-0.15, -0.1) is 0 Å². The van der Waals surface area contributed by atoms with Crippen LogP contribution in [0, 0.1) is 6.92 Å². The third-order valence-corrected chi connectivity index (χ3v) is 3.39. The highest BCUT2D eigenvalue weighted by Gasteiger charge is 2.24. The van der Waals surface area contributed by atoms with Crippen molar-refractivity contribution in [2.45, 2.75) is 32.2 Å². The predicted octanol–water partition coefficient (Wildman–Crippen LogP) is 1.93. The van der Waals surface area contributed by atoms with Crippen LogP contribution in [0.25, 0.3) is 0 Å². The summed E-state index contributed by atoms with van der Waals surface area (Å²) in [4.78, 5) is 2.27. The molecule has 1 saturated heterocycles. The van der Waals surface area contributed by atoms with Crippen molar-refractivity contribution in [3.05, 3.63) is 23.8 Å². The summed E-state index contributed by atoms with van der Waals surface area (Å²) in [6.07, 6.45) is 3.45. The van der Waals surface area contributed by atoms with Crippen LogP contribution in [0.1, 0.15) is 24.8 Å². The molecular weight excluding hydrogens is 200 g/mol. The minimum atomic E-state index is 0.216. The highest BCUT2D eigenvalue weighted by molar-refractivity contribution is 5.71. The summed E-state index contributed by atoms with van der Waals surface area (Å²) in [5.74, 6) is 0. The number of nitrogens with two attached hydrogens (primary N) is 1. The molecule has 1 aromatic rings. The van der Waals surface area contributed by atoms with Crippen molar-refractivity contribution in [3.63, 3.8) is 0 Å². The zero-order chi connectivity index (χ0) is 11.5. The molecule has 1 aromatic carbocycles. The second-order valence-electron chi connectivity index (χ2n) is 4.54. The molecule has 1 heterocycles. The van der Waals surface area contributed by atoms with Crippen molar-refractivity contribution in [1.29, 1.82) is 0 Å². The monoisotopic (exact) mass is 220 g/mol. The Labute approximate surface area is 96.9 Å². The van der Waals surface area contributed by atoms with E-state index in [0.717, 1.165) is 24.3 Å². The van der Waals surface area contributed by atoms with Gasteiger partial charge >= 0.3 is 0 Å². The van der Waals surface area contributed by atoms with E-state index in [-0.39, 0.29) is 12.6 Å². The number of aliphatic hydroxyl groups excluding tert-OH is 1. The van der Waals surface area contributed by atoms with E-state index >= 15 is 0 Å². The molecule has 2 rings (SSSR count). The molecule has 0 bridgehead atoms. The van der Waals surface area contributed by atoms with Crippen LogP contribution in [0.3, 0.4) is 0 Å². The van der Waals surface area contributed by atoms with Crippen LogP contribution in [0.15, 0.2) is 18.2 Å². The van der Waals surface area contributed by atoms with Gasteiger partial charge in [0.1, 0.15) is 0 Å². The van der Waals surface area contributed by atoms with Gasteiger partial charge in [0.15, 0.2) is 0 Å². The van der Waals surface area contributed by atoms with E-state index in [0.29, 0.717) is 0 Å². The number of piperidine rings is 1. The molecule has 0 aliphatic carbocycles. The highest BCUT2D eigenvalue weighted by Crippen LogP contribution is 2.32. The van der Waals surface area contributed by atoms with E-state index in [2.05, 4.69) is 17.9 Å². The van der Waals surface area contributed by atoms with E-state index < -0.39 is 0 Å². The van der Waals surface area contributed by atoms with Crippen LogP contribution in [0.4, 0.5) is 11.4 Å². The summed E-state index contributed by atoms with van der Waals surface area (Å²) in [5, 5.41) is 9.42. The van der Waals surface area contributed by atoms with Crippen LogP contribution >= 0.6 is 0 Å². The standard InChI is InChI=1S/C13H20N2O/c1-10-5-4-7-12(14)13(10)15-8-3-2-6-11(15)9-16/h4-5,7,11,16H,2-3,6,8-9,14H2,1H3. The quantitative estimate of drug-likeness (QED) is 0.749. The average Bonchev–Trinajstić information content (AvgIpc) is 2.29. The molecule has 16 heavy (non-hydrogen) atoms. The van der Waals surface area contributed by atoms with E-state index in [4.69, 9.17) is 5.73 Å². The molecule has 0 spiro atoms. The van der Waals surface area contributed by atoms with Crippen molar-refractivity contribution < 1.29 is 5.11 Å². The van der Waals surface area contributed by atoms with Crippen molar-refractivity contribution in [2.24, 2.45) is 0 Å². The number of hydrogen-bond donors (Lipinski definition) is 2. The highest BCUT2D eigenvalue weighted by atomic mass is 16.3. The molecule has 0 radical (unpaired) electrons. The first-order valence-electron chi connectivity index (χ1n) is 5.96. The van der Waals surface area contributed by atoms with E-state index in [1.54, 1.807) is 0 Å². The van der Waals surface area contributed by atoms with Crippen molar-refractivity contribution in [2.75, 3.05) is 23.8 Å². The Morgan fingerprint density at radius 1 is 1.44 bits per heavy atom. The normalized spacial score (nSPS) is 21.1. The van der Waals surface area contributed by atoms with Crippen LogP contribution in [-0.4, -0.2) is 24.3 Å². The molecule has 3 heteroatoms. The Balaban J connectivity index is 2.34. The van der Waals surface area contributed by atoms with Gasteiger partial charge in [-0.05, 0) is 37.8 Å². The first-order chi connectivity index (χ1) is 7.74. The van der Waals surface area contributed by atoms with Gasteiger partial charge in [0.2, 0.25) is 0 Å². The van der Waals surface area contributed by atoms with Crippen LogP contribution < -0.4 is 10.6 Å². The molecule has 1 fully saturated rings. The molecule has 3 N–H and O–H groups in total. The molecule has 0 aromatic heterocycles. The molecule has 0 amide bonds.